The number of hydrogen-bond acceptors (Lipinski definition) is 1. The zero-order chi connectivity index (χ0) is 6.10. The molecule has 0 radical (unpaired) electrons. The Kier molecular flexibility index (Phi) is 2.35. The number of nitrogens with one attached hydrogen (secondary N) is 2. The van der Waals surface area contributed by atoms with Gasteiger partial charge in [-0.25, -0.2) is 0 Å². The number of aromatic nitrogens is 1. The van der Waals surface area contributed by atoms with Crippen LogP contribution in [0.15, 0.2) is 18.3 Å². The van der Waals surface area contributed by atoms with E-state index in [1.165, 1.54) is 18.7 Å². The van der Waals surface area contributed by atoms with Crippen molar-refractivity contribution in [3.05, 3.63) is 24.0 Å². The molecule has 0 aliphatic carbocycles. The Morgan fingerprint density at radius 3 is 2.70 bits per heavy atom. The molecule has 56 valence electrons. The first-order valence-corrected chi connectivity index (χ1v) is 3.33. The Hall–Kier alpha value is -0.470. The van der Waals surface area contributed by atoms with Gasteiger partial charge in [-0.05, 0) is 25.1 Å². The van der Waals surface area contributed by atoms with Crippen LogP contribution in [0, 0.1) is 0 Å². The molecule has 0 unspecified atom stereocenters. The molecule has 1 aromatic heterocycles. The predicted molar refractivity (Wildman–Crippen MR) is 43.4 cm³/mol. The van der Waals surface area contributed by atoms with Crippen molar-refractivity contribution in [2.45, 2.75) is 12.5 Å². The van der Waals surface area contributed by atoms with Crippen LogP contribution < -0.4 is 5.32 Å². The third-order valence-corrected chi connectivity index (χ3v) is 1.82. The van der Waals surface area contributed by atoms with E-state index in [-0.39, 0.29) is 12.4 Å². The highest BCUT2D eigenvalue weighted by Crippen LogP contribution is 2.19. The van der Waals surface area contributed by atoms with Crippen molar-refractivity contribution in [2.24, 2.45) is 0 Å². The third-order valence-electron chi connectivity index (χ3n) is 1.82. The van der Waals surface area contributed by atoms with Gasteiger partial charge in [-0.15, -0.1) is 12.4 Å². The first kappa shape index (κ1) is 7.63. The van der Waals surface area contributed by atoms with Gasteiger partial charge in [-0.1, -0.05) is 0 Å². The summed E-state index contributed by atoms with van der Waals surface area (Å²) in [7, 11) is 0. The van der Waals surface area contributed by atoms with Crippen molar-refractivity contribution < 1.29 is 0 Å². The maximum Gasteiger partial charge on any atom is 0.0484 e. The SMILES string of the molecule is Cl.c1c[nH]c([C@@H]2CCN2)c1. The average Bonchev–Trinajstić information content (AvgIpc) is 2.11. The van der Waals surface area contributed by atoms with Gasteiger partial charge in [0.2, 0.25) is 0 Å². The molecule has 2 rings (SSSR count). The molecule has 0 saturated carbocycles. The summed E-state index contributed by atoms with van der Waals surface area (Å²) in [6, 6.07) is 4.77. The second-order valence-corrected chi connectivity index (χ2v) is 2.42. The molecule has 10 heavy (non-hydrogen) atoms. The maximum atomic E-state index is 3.32. The Morgan fingerprint density at radius 1 is 1.50 bits per heavy atom. The fourth-order valence-electron chi connectivity index (χ4n) is 1.12. The Labute approximate surface area is 66.4 Å². The molecule has 0 bridgehead atoms. The monoisotopic (exact) mass is 158 g/mol. The summed E-state index contributed by atoms with van der Waals surface area (Å²) in [5, 5.41) is 3.32. The van der Waals surface area contributed by atoms with Gasteiger partial charge in [0, 0.05) is 17.9 Å². The normalized spacial score (nSPS) is 23.0. The first-order valence-electron chi connectivity index (χ1n) is 3.33. The Morgan fingerprint density at radius 2 is 2.30 bits per heavy atom. The van der Waals surface area contributed by atoms with Gasteiger partial charge in [0.15, 0.2) is 0 Å². The van der Waals surface area contributed by atoms with Crippen LogP contribution in [0.25, 0.3) is 0 Å². The molecule has 1 aromatic rings. The topological polar surface area (TPSA) is 27.8 Å². The zero-order valence-corrected chi connectivity index (χ0v) is 6.45. The van der Waals surface area contributed by atoms with Gasteiger partial charge in [0.05, 0.1) is 0 Å². The molecule has 0 aromatic carbocycles. The first-order chi connectivity index (χ1) is 4.47. The number of halogens is 1. The fourth-order valence-corrected chi connectivity index (χ4v) is 1.12. The second-order valence-electron chi connectivity index (χ2n) is 2.42. The minimum absolute atomic E-state index is 0. The van der Waals surface area contributed by atoms with Crippen molar-refractivity contribution in [3.8, 4) is 0 Å². The molecular weight excluding hydrogens is 148 g/mol. The van der Waals surface area contributed by atoms with Crippen LogP contribution in [0.1, 0.15) is 18.2 Å². The zero-order valence-electron chi connectivity index (χ0n) is 5.63. The molecule has 1 aliphatic rings. The summed E-state index contributed by atoms with van der Waals surface area (Å²) in [5.41, 5.74) is 1.32. The largest absolute Gasteiger partial charge is 0.364 e. The molecule has 2 N–H and O–H groups in total. The summed E-state index contributed by atoms with van der Waals surface area (Å²) in [5.74, 6) is 0. The minimum Gasteiger partial charge on any atom is -0.364 e. The van der Waals surface area contributed by atoms with Gasteiger partial charge >= 0.3 is 0 Å². The molecule has 0 spiro atoms. The number of aromatic amines is 1. The van der Waals surface area contributed by atoms with Crippen LogP contribution in [0.5, 0.6) is 0 Å². The Bertz CT molecular complexity index is 179. The van der Waals surface area contributed by atoms with E-state index in [0.717, 1.165) is 0 Å². The third kappa shape index (κ3) is 1.18. The van der Waals surface area contributed by atoms with E-state index in [1.54, 1.807) is 0 Å². The molecule has 1 saturated heterocycles. The van der Waals surface area contributed by atoms with Crippen LogP contribution >= 0.6 is 12.4 Å². The molecule has 0 amide bonds. The quantitative estimate of drug-likeness (QED) is 0.637. The molecule has 1 aliphatic heterocycles. The summed E-state index contributed by atoms with van der Waals surface area (Å²) in [6.07, 6.45) is 3.25. The standard InChI is InChI=1S/C7H10N2.ClH/c1-2-6(8-4-1)7-3-5-9-7;/h1-2,4,7-9H,3,5H2;1H/t7-;/m0./s1. The number of H-pyrrole nitrogens is 1. The van der Waals surface area contributed by atoms with E-state index in [0.29, 0.717) is 6.04 Å². The van der Waals surface area contributed by atoms with Crippen molar-refractivity contribution in [1.82, 2.24) is 10.3 Å². The summed E-state index contributed by atoms with van der Waals surface area (Å²) in [6.45, 7) is 1.17. The van der Waals surface area contributed by atoms with Crippen LogP contribution in [0.3, 0.4) is 0 Å². The van der Waals surface area contributed by atoms with Crippen LogP contribution in [0.2, 0.25) is 0 Å². The lowest BCUT2D eigenvalue weighted by Gasteiger charge is -2.26. The van der Waals surface area contributed by atoms with Gasteiger partial charge in [0.25, 0.3) is 0 Å². The number of hydrogen-bond donors (Lipinski definition) is 2. The van der Waals surface area contributed by atoms with Crippen molar-refractivity contribution in [2.75, 3.05) is 6.54 Å². The summed E-state index contributed by atoms with van der Waals surface area (Å²) < 4.78 is 0. The second kappa shape index (κ2) is 3.08. The lowest BCUT2D eigenvalue weighted by Crippen LogP contribution is -2.35. The maximum absolute atomic E-state index is 3.32. The highest BCUT2D eigenvalue weighted by atomic mass is 35.5. The summed E-state index contributed by atoms with van der Waals surface area (Å²) >= 11 is 0. The molecule has 2 nitrogen and oxygen atoms in total. The molecule has 3 heteroatoms. The predicted octanol–water partition coefficient (Wildman–Crippen LogP) is 1.47. The van der Waals surface area contributed by atoms with E-state index in [1.807, 2.05) is 12.3 Å². The highest BCUT2D eigenvalue weighted by molar-refractivity contribution is 5.85. The molecule has 1 fully saturated rings. The van der Waals surface area contributed by atoms with Crippen LogP contribution in [-0.4, -0.2) is 11.5 Å². The van der Waals surface area contributed by atoms with Crippen LogP contribution in [-0.2, 0) is 0 Å². The average molecular weight is 159 g/mol. The van der Waals surface area contributed by atoms with Crippen molar-refractivity contribution >= 4 is 12.4 Å². The molecule has 2 heterocycles. The van der Waals surface area contributed by atoms with Gasteiger partial charge in [-0.3, -0.25) is 0 Å². The van der Waals surface area contributed by atoms with Gasteiger partial charge in [0.1, 0.15) is 0 Å². The minimum atomic E-state index is 0. The van der Waals surface area contributed by atoms with Crippen LogP contribution in [0.4, 0.5) is 0 Å². The van der Waals surface area contributed by atoms with Crippen molar-refractivity contribution in [1.29, 1.82) is 0 Å². The van der Waals surface area contributed by atoms with Gasteiger partial charge < -0.3 is 10.3 Å². The molecular formula is C7H11ClN2. The van der Waals surface area contributed by atoms with Gasteiger partial charge in [-0.2, -0.15) is 0 Å². The lowest BCUT2D eigenvalue weighted by atomic mass is 10.0. The van der Waals surface area contributed by atoms with E-state index in [4.69, 9.17) is 0 Å². The highest BCUT2D eigenvalue weighted by Gasteiger charge is 2.17. The summed E-state index contributed by atoms with van der Waals surface area (Å²) in [4.78, 5) is 3.18. The van der Waals surface area contributed by atoms with E-state index >= 15 is 0 Å². The fraction of sp³-hybridized carbons (Fsp3) is 0.429. The van der Waals surface area contributed by atoms with E-state index < -0.39 is 0 Å². The smallest absolute Gasteiger partial charge is 0.0484 e. The van der Waals surface area contributed by atoms with E-state index in [9.17, 15) is 0 Å². The van der Waals surface area contributed by atoms with Crippen molar-refractivity contribution in [3.63, 3.8) is 0 Å². The molecule has 1 atom stereocenters. The Balaban J connectivity index is 0.000000500. The lowest BCUT2D eigenvalue weighted by molar-refractivity contribution is 0.376. The number of rotatable bonds is 1. The van der Waals surface area contributed by atoms with E-state index in [2.05, 4.69) is 16.4 Å².